The number of ether oxygens (including phenoxy) is 1. The fraction of sp³-hybridized carbons (Fsp3) is 0.714. The molecule has 0 aliphatic rings. The van der Waals surface area contributed by atoms with Gasteiger partial charge in [0.1, 0.15) is 0 Å². The van der Waals surface area contributed by atoms with Gasteiger partial charge in [0, 0.05) is 0 Å². The summed E-state index contributed by atoms with van der Waals surface area (Å²) in [4.78, 5) is 21.9. The molecule has 0 saturated carbocycles. The van der Waals surface area contributed by atoms with Crippen LogP contribution in [-0.2, 0) is 14.3 Å². The molecule has 0 fully saturated rings. The number of hydrogen-bond donors (Lipinski definition) is 1. The van der Waals surface area contributed by atoms with Crippen LogP contribution in [0.5, 0.6) is 0 Å². The van der Waals surface area contributed by atoms with E-state index in [0.717, 1.165) is 0 Å². The van der Waals surface area contributed by atoms with Crippen LogP contribution in [0.15, 0.2) is 0 Å². The van der Waals surface area contributed by atoms with E-state index < -0.39 is 14.6 Å². The average Bonchev–Trinajstić information content (AvgIpc) is 2.03. The maximum absolute atomic E-state index is 11.2. The third-order valence-electron chi connectivity index (χ3n) is 1.91. The predicted octanol–water partition coefficient (Wildman–Crippen LogP) is 0.371. The second-order valence-electron chi connectivity index (χ2n) is 2.71. The van der Waals surface area contributed by atoms with E-state index in [2.05, 4.69) is 4.74 Å². The van der Waals surface area contributed by atoms with E-state index in [0.29, 0.717) is 6.42 Å². The van der Waals surface area contributed by atoms with Gasteiger partial charge in [0.05, 0.1) is 0 Å². The Bertz CT molecular complexity index is 192. The summed E-state index contributed by atoms with van der Waals surface area (Å²) in [7, 11) is 0. The molecule has 0 aromatic carbocycles. The van der Waals surface area contributed by atoms with E-state index in [1.54, 1.807) is 13.8 Å². The van der Waals surface area contributed by atoms with Crippen molar-refractivity contribution < 1.29 is 19.4 Å². The number of aliphatic carboxylic acids is 1. The Labute approximate surface area is 88.7 Å². The van der Waals surface area contributed by atoms with E-state index in [1.807, 2.05) is 0 Å². The Kier molecular flexibility index (Phi) is 4.82. The van der Waals surface area contributed by atoms with Gasteiger partial charge in [-0.1, -0.05) is 0 Å². The van der Waals surface area contributed by atoms with Crippen molar-refractivity contribution in [2.24, 2.45) is 0 Å². The topological polar surface area (TPSA) is 63.6 Å². The summed E-state index contributed by atoms with van der Waals surface area (Å²) >= 11 is 0.277. The zero-order chi connectivity index (χ0) is 9.78. The summed E-state index contributed by atoms with van der Waals surface area (Å²) in [5, 5.41) is 8.76. The molecule has 5 heteroatoms. The van der Waals surface area contributed by atoms with Gasteiger partial charge in [-0.25, -0.2) is 0 Å². The Balaban J connectivity index is 4.52. The van der Waals surface area contributed by atoms with Crippen molar-refractivity contribution in [2.75, 3.05) is 6.61 Å². The first-order valence-electron chi connectivity index (χ1n) is 3.89. The number of carbonyl (C=O) groups excluding carboxylic acids is 1. The summed E-state index contributed by atoms with van der Waals surface area (Å²) < 4.78 is 3.42. The Morgan fingerprint density at radius 3 is 2.25 bits per heavy atom. The van der Waals surface area contributed by atoms with Crippen LogP contribution >= 0.6 is 0 Å². The summed E-state index contributed by atoms with van der Waals surface area (Å²) in [6.45, 7) is 3.57. The molecular weight excluding hydrogens is 171 g/mol. The van der Waals surface area contributed by atoms with E-state index >= 15 is 0 Å². The van der Waals surface area contributed by atoms with Crippen LogP contribution < -0.4 is 0 Å². The van der Waals surface area contributed by atoms with Crippen molar-refractivity contribution in [3.63, 3.8) is 0 Å². The molecule has 0 amide bonds. The summed E-state index contributed by atoms with van der Waals surface area (Å²) in [5.74, 6) is -1.68. The van der Waals surface area contributed by atoms with Crippen molar-refractivity contribution in [3.05, 3.63) is 0 Å². The molecule has 0 saturated heterocycles. The molecule has 64 valence electrons. The molecule has 1 N–H and O–H groups in total. The van der Waals surface area contributed by atoms with Crippen molar-refractivity contribution in [1.82, 2.24) is 0 Å². The monoisotopic (exact) mass is 182 g/mol. The molecule has 1 atom stereocenters. The normalized spacial score (nSPS) is 15.0. The van der Waals surface area contributed by atoms with Crippen molar-refractivity contribution in [2.45, 2.75) is 22.9 Å². The van der Waals surface area contributed by atoms with Crippen molar-refractivity contribution in [1.29, 1.82) is 0 Å². The first kappa shape index (κ1) is 11.9. The number of esters is 1. The van der Waals surface area contributed by atoms with Gasteiger partial charge in [0.15, 0.2) is 0 Å². The van der Waals surface area contributed by atoms with E-state index in [9.17, 15) is 9.59 Å². The van der Waals surface area contributed by atoms with Gasteiger partial charge in [-0.15, -0.1) is 0 Å². The van der Waals surface area contributed by atoms with Crippen LogP contribution in [0.1, 0.15) is 20.3 Å². The van der Waals surface area contributed by atoms with Crippen LogP contribution in [0.25, 0.3) is 0 Å². The number of carboxylic acid groups (broad SMARTS) is 1. The minimum atomic E-state index is -1.25. The van der Waals surface area contributed by atoms with Gasteiger partial charge < -0.3 is 0 Å². The van der Waals surface area contributed by atoms with Crippen LogP contribution in [0, 0.1) is 0 Å². The third kappa shape index (κ3) is 2.47. The van der Waals surface area contributed by atoms with E-state index in [1.165, 1.54) is 0 Å². The fourth-order valence-electron chi connectivity index (χ4n) is 0.673. The Hall–Kier alpha value is -0.0600. The molecular formula is C7H11NaO4. The molecule has 12 heavy (non-hydrogen) atoms. The van der Waals surface area contributed by atoms with Gasteiger partial charge >= 0.3 is 88.8 Å². The van der Waals surface area contributed by atoms with E-state index in [-0.39, 0.29) is 34.5 Å². The average molecular weight is 182 g/mol. The van der Waals surface area contributed by atoms with Gasteiger partial charge in [-0.3, -0.25) is 0 Å². The summed E-state index contributed by atoms with van der Waals surface area (Å²) in [5.41, 5.74) is 0. The minimum absolute atomic E-state index is 0.232. The molecule has 0 bridgehead atoms. The van der Waals surface area contributed by atoms with Crippen LogP contribution in [0.2, 0.25) is 2.66 Å². The third-order valence-corrected chi connectivity index (χ3v) is 3.45. The second kappa shape index (κ2) is 4.84. The fourth-order valence-corrected chi connectivity index (χ4v) is 0.818. The van der Waals surface area contributed by atoms with Gasteiger partial charge in [-0.05, 0) is 0 Å². The van der Waals surface area contributed by atoms with Gasteiger partial charge in [0.25, 0.3) is 0 Å². The van der Waals surface area contributed by atoms with Gasteiger partial charge in [0.2, 0.25) is 0 Å². The van der Waals surface area contributed by atoms with Gasteiger partial charge in [-0.2, -0.15) is 0 Å². The molecule has 1 unspecified atom stereocenters. The molecule has 0 aliphatic heterocycles. The zero-order valence-corrected chi connectivity index (χ0v) is 9.59. The first-order valence-corrected chi connectivity index (χ1v) is 4.89. The van der Waals surface area contributed by atoms with Crippen molar-refractivity contribution >= 4 is 39.9 Å². The number of hydrogen-bond acceptors (Lipinski definition) is 3. The Morgan fingerprint density at radius 1 is 1.50 bits per heavy atom. The summed E-state index contributed by atoms with van der Waals surface area (Å²) in [6, 6.07) is 0. The molecule has 4 nitrogen and oxygen atoms in total. The molecule has 0 heterocycles. The maximum atomic E-state index is 11.2. The molecule has 0 spiro atoms. The predicted molar refractivity (Wildman–Crippen MR) is 43.0 cm³/mol. The SMILES string of the molecule is CCOC(=O)[C]([Na])(CC)C(=O)O. The second-order valence-corrected chi connectivity index (χ2v) is 4.42. The molecule has 0 radical (unpaired) electrons. The summed E-state index contributed by atoms with van der Waals surface area (Å²) in [6.07, 6.45) is 0.299. The number of carbonyl (C=O) groups is 2. The number of rotatable bonds is 4. The Morgan fingerprint density at radius 2 is 2.00 bits per heavy atom. The van der Waals surface area contributed by atoms with Crippen LogP contribution in [0.3, 0.4) is 0 Å². The van der Waals surface area contributed by atoms with Crippen LogP contribution in [0.4, 0.5) is 0 Å². The molecule has 0 rings (SSSR count). The van der Waals surface area contributed by atoms with Crippen molar-refractivity contribution in [3.8, 4) is 0 Å². The molecule has 0 aliphatic carbocycles. The molecule has 0 aromatic rings. The zero-order valence-electron chi connectivity index (χ0n) is 7.59. The molecule has 0 aromatic heterocycles. The first-order chi connectivity index (χ1) is 5.49. The van der Waals surface area contributed by atoms with E-state index in [4.69, 9.17) is 5.11 Å². The quantitative estimate of drug-likeness (QED) is 0.387. The van der Waals surface area contributed by atoms with Crippen LogP contribution in [-0.4, -0.2) is 51.6 Å². The number of carboxylic acids is 1. The standard InChI is InChI=1S/C7H11O4.Na/c1-3-5(6(8)9)7(10)11-4-2;/h3-4H2,1-2H3,(H,8,9);.